The maximum atomic E-state index is 6.14. The van der Waals surface area contributed by atoms with Crippen LogP contribution in [-0.4, -0.2) is 24.0 Å². The van der Waals surface area contributed by atoms with E-state index < -0.39 is 0 Å². The molecule has 0 bridgehead atoms. The Balaban J connectivity index is 2.83. The van der Waals surface area contributed by atoms with E-state index in [-0.39, 0.29) is 6.04 Å². The summed E-state index contributed by atoms with van der Waals surface area (Å²) in [5.41, 5.74) is 7.51. The Labute approximate surface area is 103 Å². The van der Waals surface area contributed by atoms with Gasteiger partial charge in [-0.2, -0.15) is 11.3 Å². The molecular formula is C13H24N2S. The molecule has 92 valence electrons. The van der Waals surface area contributed by atoms with Crippen molar-refractivity contribution in [3.05, 3.63) is 22.4 Å². The van der Waals surface area contributed by atoms with Crippen LogP contribution in [0, 0.1) is 5.92 Å². The SMILES string of the molecule is CCN(CC(C)C)C(c1ccsc1)C(C)N. The van der Waals surface area contributed by atoms with Crippen molar-refractivity contribution in [3.63, 3.8) is 0 Å². The Morgan fingerprint density at radius 1 is 1.38 bits per heavy atom. The fourth-order valence-corrected chi connectivity index (χ4v) is 2.89. The van der Waals surface area contributed by atoms with Crippen LogP contribution in [0.15, 0.2) is 16.8 Å². The lowest BCUT2D eigenvalue weighted by atomic mass is 10.0. The highest BCUT2D eigenvalue weighted by molar-refractivity contribution is 7.07. The van der Waals surface area contributed by atoms with Crippen molar-refractivity contribution in [2.45, 2.75) is 39.8 Å². The number of nitrogens with zero attached hydrogens (tertiary/aromatic N) is 1. The lowest BCUT2D eigenvalue weighted by Crippen LogP contribution is -2.41. The largest absolute Gasteiger partial charge is 0.326 e. The van der Waals surface area contributed by atoms with Crippen LogP contribution >= 0.6 is 11.3 Å². The van der Waals surface area contributed by atoms with Gasteiger partial charge >= 0.3 is 0 Å². The summed E-state index contributed by atoms with van der Waals surface area (Å²) >= 11 is 1.75. The van der Waals surface area contributed by atoms with E-state index in [1.807, 2.05) is 0 Å². The quantitative estimate of drug-likeness (QED) is 0.828. The number of thiophene rings is 1. The van der Waals surface area contributed by atoms with E-state index in [1.54, 1.807) is 11.3 Å². The van der Waals surface area contributed by atoms with E-state index in [2.05, 4.69) is 49.4 Å². The molecule has 0 fully saturated rings. The summed E-state index contributed by atoms with van der Waals surface area (Å²) in [6.07, 6.45) is 0. The summed E-state index contributed by atoms with van der Waals surface area (Å²) < 4.78 is 0. The van der Waals surface area contributed by atoms with Crippen LogP contribution in [0.4, 0.5) is 0 Å². The molecule has 16 heavy (non-hydrogen) atoms. The summed E-state index contributed by atoms with van der Waals surface area (Å²) in [4.78, 5) is 2.48. The minimum absolute atomic E-state index is 0.174. The van der Waals surface area contributed by atoms with E-state index in [0.29, 0.717) is 12.0 Å². The highest BCUT2D eigenvalue weighted by Crippen LogP contribution is 2.26. The lowest BCUT2D eigenvalue weighted by Gasteiger charge is -2.34. The molecule has 0 spiro atoms. The third-order valence-electron chi connectivity index (χ3n) is 2.78. The molecule has 3 heteroatoms. The molecule has 2 unspecified atom stereocenters. The van der Waals surface area contributed by atoms with E-state index in [1.165, 1.54) is 5.56 Å². The Hall–Kier alpha value is -0.380. The third-order valence-corrected chi connectivity index (χ3v) is 3.48. The maximum Gasteiger partial charge on any atom is 0.0504 e. The molecule has 2 nitrogen and oxygen atoms in total. The van der Waals surface area contributed by atoms with Crippen LogP contribution in [-0.2, 0) is 0 Å². The number of hydrogen-bond acceptors (Lipinski definition) is 3. The summed E-state index contributed by atoms with van der Waals surface area (Å²) in [6.45, 7) is 11.0. The van der Waals surface area contributed by atoms with Crippen molar-refractivity contribution < 1.29 is 0 Å². The molecule has 0 aliphatic heterocycles. The van der Waals surface area contributed by atoms with Crippen molar-refractivity contribution in [2.75, 3.05) is 13.1 Å². The molecule has 0 aliphatic rings. The topological polar surface area (TPSA) is 29.3 Å². The molecule has 0 aliphatic carbocycles. The van der Waals surface area contributed by atoms with Crippen molar-refractivity contribution in [3.8, 4) is 0 Å². The van der Waals surface area contributed by atoms with Gasteiger partial charge in [0.15, 0.2) is 0 Å². The molecule has 1 heterocycles. The number of likely N-dealkylation sites (N-methyl/N-ethyl adjacent to an activating group) is 1. The zero-order chi connectivity index (χ0) is 12.1. The van der Waals surface area contributed by atoms with E-state index >= 15 is 0 Å². The normalized spacial score (nSPS) is 15.7. The highest BCUT2D eigenvalue weighted by Gasteiger charge is 2.23. The van der Waals surface area contributed by atoms with Gasteiger partial charge in [0.05, 0.1) is 6.04 Å². The molecular weight excluding hydrogens is 216 g/mol. The average molecular weight is 240 g/mol. The average Bonchev–Trinajstić information content (AvgIpc) is 2.68. The zero-order valence-electron chi connectivity index (χ0n) is 10.8. The van der Waals surface area contributed by atoms with Crippen LogP contribution < -0.4 is 5.73 Å². The molecule has 0 saturated heterocycles. The number of nitrogens with two attached hydrogens (primary N) is 1. The summed E-state index contributed by atoms with van der Waals surface area (Å²) in [7, 11) is 0. The summed E-state index contributed by atoms with van der Waals surface area (Å²) in [5.74, 6) is 0.680. The van der Waals surface area contributed by atoms with Crippen LogP contribution in [0.2, 0.25) is 0 Å². The molecule has 1 rings (SSSR count). The van der Waals surface area contributed by atoms with E-state index in [0.717, 1.165) is 13.1 Å². The first-order valence-corrected chi connectivity index (χ1v) is 7.02. The fourth-order valence-electron chi connectivity index (χ4n) is 2.20. The van der Waals surface area contributed by atoms with Gasteiger partial charge < -0.3 is 5.73 Å². The Kier molecular flexibility index (Phi) is 5.46. The van der Waals surface area contributed by atoms with Crippen LogP contribution in [0.1, 0.15) is 39.3 Å². The second-order valence-electron chi connectivity index (χ2n) is 4.84. The molecule has 2 atom stereocenters. The van der Waals surface area contributed by atoms with Gasteiger partial charge in [-0.25, -0.2) is 0 Å². The van der Waals surface area contributed by atoms with Crippen LogP contribution in [0.25, 0.3) is 0 Å². The molecule has 1 aromatic heterocycles. The molecule has 2 N–H and O–H groups in total. The predicted octanol–water partition coefficient (Wildman–Crippen LogP) is 3.11. The maximum absolute atomic E-state index is 6.14. The molecule has 0 aromatic carbocycles. The predicted molar refractivity (Wildman–Crippen MR) is 72.8 cm³/mol. The summed E-state index contributed by atoms with van der Waals surface area (Å²) in [6, 6.07) is 2.73. The zero-order valence-corrected chi connectivity index (χ0v) is 11.6. The lowest BCUT2D eigenvalue weighted by molar-refractivity contribution is 0.166. The first-order chi connectivity index (χ1) is 7.56. The first kappa shape index (κ1) is 13.7. The minimum Gasteiger partial charge on any atom is -0.326 e. The van der Waals surface area contributed by atoms with Crippen LogP contribution in [0.5, 0.6) is 0 Å². The van der Waals surface area contributed by atoms with Gasteiger partial charge in [-0.1, -0.05) is 20.8 Å². The smallest absolute Gasteiger partial charge is 0.0504 e. The Morgan fingerprint density at radius 2 is 2.06 bits per heavy atom. The third kappa shape index (κ3) is 3.58. The van der Waals surface area contributed by atoms with Crippen molar-refractivity contribution in [1.29, 1.82) is 0 Å². The van der Waals surface area contributed by atoms with Gasteiger partial charge in [-0.15, -0.1) is 0 Å². The standard InChI is InChI=1S/C13H24N2S/c1-5-15(8-10(2)3)13(11(4)14)12-6-7-16-9-12/h6-7,9-11,13H,5,8,14H2,1-4H3. The summed E-state index contributed by atoms with van der Waals surface area (Å²) in [5, 5.41) is 4.35. The Bertz CT molecular complexity index is 280. The second-order valence-corrected chi connectivity index (χ2v) is 5.62. The highest BCUT2D eigenvalue weighted by atomic mass is 32.1. The van der Waals surface area contributed by atoms with Crippen LogP contribution in [0.3, 0.4) is 0 Å². The molecule has 0 radical (unpaired) electrons. The fraction of sp³-hybridized carbons (Fsp3) is 0.692. The molecule has 0 amide bonds. The van der Waals surface area contributed by atoms with Crippen molar-refractivity contribution in [2.24, 2.45) is 11.7 Å². The van der Waals surface area contributed by atoms with Gasteiger partial charge in [0.25, 0.3) is 0 Å². The van der Waals surface area contributed by atoms with Gasteiger partial charge in [0, 0.05) is 12.6 Å². The molecule has 0 saturated carbocycles. The van der Waals surface area contributed by atoms with Crippen molar-refractivity contribution in [1.82, 2.24) is 4.90 Å². The van der Waals surface area contributed by atoms with Gasteiger partial charge in [-0.05, 0) is 41.8 Å². The molecule has 1 aromatic rings. The van der Waals surface area contributed by atoms with Crippen molar-refractivity contribution >= 4 is 11.3 Å². The van der Waals surface area contributed by atoms with Gasteiger partial charge in [-0.3, -0.25) is 4.90 Å². The number of rotatable bonds is 6. The number of hydrogen-bond donors (Lipinski definition) is 1. The second kappa shape index (κ2) is 6.38. The monoisotopic (exact) mass is 240 g/mol. The minimum atomic E-state index is 0.174. The van der Waals surface area contributed by atoms with E-state index in [9.17, 15) is 0 Å². The van der Waals surface area contributed by atoms with Gasteiger partial charge in [0.2, 0.25) is 0 Å². The van der Waals surface area contributed by atoms with Gasteiger partial charge in [0.1, 0.15) is 0 Å². The Morgan fingerprint density at radius 3 is 2.44 bits per heavy atom. The van der Waals surface area contributed by atoms with E-state index in [4.69, 9.17) is 5.73 Å². The first-order valence-electron chi connectivity index (χ1n) is 6.08.